The van der Waals surface area contributed by atoms with Crippen LogP contribution in [-0.2, 0) is 10.0 Å². The fourth-order valence-corrected chi connectivity index (χ4v) is 3.12. The van der Waals surface area contributed by atoms with E-state index in [0.717, 1.165) is 0 Å². The number of fused-ring (bicyclic) bond motifs is 1. The van der Waals surface area contributed by atoms with Gasteiger partial charge in [0.25, 0.3) is 0 Å². The first-order valence-corrected chi connectivity index (χ1v) is 7.67. The molecule has 0 radical (unpaired) electrons. The van der Waals surface area contributed by atoms with E-state index in [1.54, 1.807) is 6.07 Å². The molecule has 2 rings (SSSR count). The van der Waals surface area contributed by atoms with Gasteiger partial charge in [-0.05, 0) is 18.6 Å². The van der Waals surface area contributed by atoms with Crippen LogP contribution in [0.25, 0.3) is 0 Å². The van der Waals surface area contributed by atoms with E-state index in [1.807, 2.05) is 6.92 Å². The monoisotopic (exact) mass is 286 g/mol. The molecule has 1 atom stereocenters. The van der Waals surface area contributed by atoms with Gasteiger partial charge in [0.1, 0.15) is 13.2 Å². The van der Waals surface area contributed by atoms with Gasteiger partial charge in [0, 0.05) is 18.7 Å². The first-order valence-electron chi connectivity index (χ1n) is 6.19. The third kappa shape index (κ3) is 3.17. The van der Waals surface area contributed by atoms with Crippen LogP contribution in [-0.4, -0.2) is 34.2 Å². The maximum atomic E-state index is 12.2. The lowest BCUT2D eigenvalue weighted by Crippen LogP contribution is -2.39. The quantitative estimate of drug-likeness (QED) is 0.821. The van der Waals surface area contributed by atoms with Crippen molar-refractivity contribution in [3.8, 4) is 11.5 Å². The van der Waals surface area contributed by atoms with Crippen molar-refractivity contribution < 1.29 is 17.9 Å². The first kappa shape index (κ1) is 14.1. The zero-order chi connectivity index (χ0) is 13.9. The van der Waals surface area contributed by atoms with Crippen molar-refractivity contribution in [2.24, 2.45) is 5.73 Å². The number of rotatable bonds is 5. The summed E-state index contributed by atoms with van der Waals surface area (Å²) in [4.78, 5) is 0.156. The van der Waals surface area contributed by atoms with Crippen LogP contribution in [0.4, 0.5) is 0 Å². The molecule has 0 bridgehead atoms. The Bertz CT molecular complexity index is 541. The molecule has 1 aromatic rings. The van der Waals surface area contributed by atoms with Crippen LogP contribution in [0.5, 0.6) is 11.5 Å². The maximum absolute atomic E-state index is 12.2. The van der Waals surface area contributed by atoms with Crippen molar-refractivity contribution >= 4 is 10.0 Å². The third-order valence-electron chi connectivity index (χ3n) is 2.92. The number of nitrogens with one attached hydrogen (secondary N) is 1. The van der Waals surface area contributed by atoms with E-state index in [4.69, 9.17) is 15.2 Å². The standard InChI is InChI=1S/C12H18N2O4S/c1-2-9(8-13)14-19(15,16)10-3-4-11-12(7-10)18-6-5-17-11/h3-4,7,9,14H,2,5-6,8,13H2,1H3. The molecule has 0 aliphatic carbocycles. The van der Waals surface area contributed by atoms with Crippen LogP contribution < -0.4 is 19.9 Å². The van der Waals surface area contributed by atoms with Gasteiger partial charge < -0.3 is 15.2 Å². The SMILES string of the molecule is CCC(CN)NS(=O)(=O)c1ccc2c(c1)OCCO2. The van der Waals surface area contributed by atoms with Crippen molar-refractivity contribution in [2.75, 3.05) is 19.8 Å². The highest BCUT2D eigenvalue weighted by Crippen LogP contribution is 2.32. The van der Waals surface area contributed by atoms with Gasteiger partial charge in [-0.25, -0.2) is 13.1 Å². The van der Waals surface area contributed by atoms with Crippen LogP contribution in [0.3, 0.4) is 0 Å². The maximum Gasteiger partial charge on any atom is 0.241 e. The summed E-state index contributed by atoms with van der Waals surface area (Å²) in [6.07, 6.45) is 0.639. The molecular formula is C12H18N2O4S. The molecule has 1 aliphatic heterocycles. The van der Waals surface area contributed by atoms with Crippen molar-refractivity contribution in [3.05, 3.63) is 18.2 Å². The van der Waals surface area contributed by atoms with Crippen molar-refractivity contribution in [1.82, 2.24) is 4.72 Å². The molecule has 19 heavy (non-hydrogen) atoms. The summed E-state index contributed by atoms with van der Waals surface area (Å²) >= 11 is 0. The van der Waals surface area contributed by atoms with Crippen LogP contribution in [0.2, 0.25) is 0 Å². The second-order valence-corrected chi connectivity index (χ2v) is 5.98. The van der Waals surface area contributed by atoms with E-state index in [2.05, 4.69) is 4.72 Å². The lowest BCUT2D eigenvalue weighted by Gasteiger charge is -2.20. The highest BCUT2D eigenvalue weighted by Gasteiger charge is 2.21. The van der Waals surface area contributed by atoms with Gasteiger partial charge in [0.2, 0.25) is 10.0 Å². The summed E-state index contributed by atoms with van der Waals surface area (Å²) in [5, 5.41) is 0. The Kier molecular flexibility index (Phi) is 4.28. The summed E-state index contributed by atoms with van der Waals surface area (Å²) in [7, 11) is -3.58. The van der Waals surface area contributed by atoms with Gasteiger partial charge in [0.05, 0.1) is 4.90 Å². The third-order valence-corrected chi connectivity index (χ3v) is 4.44. The smallest absolute Gasteiger partial charge is 0.241 e. The Morgan fingerprint density at radius 3 is 2.63 bits per heavy atom. The largest absolute Gasteiger partial charge is 0.486 e. The predicted octanol–water partition coefficient (Wildman–Crippen LogP) is 0.473. The fourth-order valence-electron chi connectivity index (χ4n) is 1.78. The van der Waals surface area contributed by atoms with E-state index in [1.165, 1.54) is 12.1 Å². The minimum atomic E-state index is -3.58. The zero-order valence-electron chi connectivity index (χ0n) is 10.8. The molecule has 7 heteroatoms. The molecule has 1 aromatic carbocycles. The summed E-state index contributed by atoms with van der Waals surface area (Å²) in [5.41, 5.74) is 5.51. The zero-order valence-corrected chi connectivity index (χ0v) is 11.6. The first-order chi connectivity index (χ1) is 9.06. The Labute approximate surface area is 112 Å². The molecular weight excluding hydrogens is 268 g/mol. The summed E-state index contributed by atoms with van der Waals surface area (Å²) in [6, 6.07) is 4.31. The number of hydrogen-bond acceptors (Lipinski definition) is 5. The minimum absolute atomic E-state index is 0.156. The average Bonchev–Trinajstić information content (AvgIpc) is 2.44. The Morgan fingerprint density at radius 1 is 1.32 bits per heavy atom. The Morgan fingerprint density at radius 2 is 2.00 bits per heavy atom. The number of nitrogens with two attached hydrogens (primary N) is 1. The molecule has 0 fully saturated rings. The average molecular weight is 286 g/mol. The van der Waals surface area contributed by atoms with E-state index >= 15 is 0 Å². The number of sulfonamides is 1. The molecule has 0 saturated heterocycles. The van der Waals surface area contributed by atoms with Crippen LogP contribution in [0, 0.1) is 0 Å². The molecule has 0 aromatic heterocycles. The second kappa shape index (κ2) is 5.77. The molecule has 0 amide bonds. The van der Waals surface area contributed by atoms with Crippen molar-refractivity contribution in [3.63, 3.8) is 0 Å². The minimum Gasteiger partial charge on any atom is -0.486 e. The van der Waals surface area contributed by atoms with E-state index in [0.29, 0.717) is 31.1 Å². The van der Waals surface area contributed by atoms with Gasteiger partial charge >= 0.3 is 0 Å². The normalized spacial score (nSPS) is 16.1. The van der Waals surface area contributed by atoms with E-state index < -0.39 is 10.0 Å². The van der Waals surface area contributed by atoms with Gasteiger partial charge in [-0.2, -0.15) is 0 Å². The Balaban J connectivity index is 2.25. The molecule has 0 saturated carbocycles. The molecule has 3 N–H and O–H groups in total. The molecule has 1 heterocycles. The Hall–Kier alpha value is -1.31. The van der Waals surface area contributed by atoms with Gasteiger partial charge in [-0.1, -0.05) is 6.92 Å². The topological polar surface area (TPSA) is 90.7 Å². The lowest BCUT2D eigenvalue weighted by atomic mass is 10.2. The van der Waals surface area contributed by atoms with Gasteiger partial charge in [-0.3, -0.25) is 0 Å². The van der Waals surface area contributed by atoms with Crippen LogP contribution in [0.1, 0.15) is 13.3 Å². The van der Waals surface area contributed by atoms with Crippen molar-refractivity contribution in [2.45, 2.75) is 24.3 Å². The van der Waals surface area contributed by atoms with Gasteiger partial charge in [0.15, 0.2) is 11.5 Å². The van der Waals surface area contributed by atoms with Crippen LogP contribution in [0.15, 0.2) is 23.1 Å². The molecule has 6 nitrogen and oxygen atoms in total. The molecule has 106 valence electrons. The fraction of sp³-hybridized carbons (Fsp3) is 0.500. The molecule has 1 aliphatic rings. The number of benzene rings is 1. The van der Waals surface area contributed by atoms with Crippen molar-refractivity contribution in [1.29, 1.82) is 0 Å². The molecule has 0 spiro atoms. The van der Waals surface area contributed by atoms with Crippen LogP contribution >= 0.6 is 0 Å². The summed E-state index contributed by atoms with van der Waals surface area (Å²) in [5.74, 6) is 1.02. The number of hydrogen-bond donors (Lipinski definition) is 2. The van der Waals surface area contributed by atoms with Gasteiger partial charge in [-0.15, -0.1) is 0 Å². The molecule has 1 unspecified atom stereocenters. The highest BCUT2D eigenvalue weighted by atomic mass is 32.2. The van der Waals surface area contributed by atoms with E-state index in [9.17, 15) is 8.42 Å². The highest BCUT2D eigenvalue weighted by molar-refractivity contribution is 7.89. The summed E-state index contributed by atoms with van der Waals surface area (Å²) < 4.78 is 37.7. The summed E-state index contributed by atoms with van der Waals surface area (Å²) in [6.45, 7) is 3.04. The van der Waals surface area contributed by atoms with E-state index in [-0.39, 0.29) is 17.5 Å². The predicted molar refractivity (Wildman–Crippen MR) is 70.9 cm³/mol. The lowest BCUT2D eigenvalue weighted by molar-refractivity contribution is 0.171. The number of ether oxygens (including phenoxy) is 2. The second-order valence-electron chi connectivity index (χ2n) is 4.27.